The first-order chi connectivity index (χ1) is 9.65. The van der Waals surface area contributed by atoms with Crippen LogP contribution >= 0.6 is 0 Å². The Balaban J connectivity index is 2.21. The van der Waals surface area contributed by atoms with E-state index in [0.29, 0.717) is 19.0 Å². The van der Waals surface area contributed by atoms with Crippen LogP contribution in [0.15, 0.2) is 0 Å². The number of carbonyl (C=O) groups is 2. The van der Waals surface area contributed by atoms with Crippen molar-refractivity contribution in [2.45, 2.75) is 70.8 Å². The first-order valence-corrected chi connectivity index (χ1v) is 7.91. The van der Waals surface area contributed by atoms with Crippen molar-refractivity contribution in [2.75, 3.05) is 13.1 Å². The lowest BCUT2D eigenvalue weighted by Gasteiger charge is -2.29. The average Bonchev–Trinajstić information content (AvgIpc) is 2.67. The van der Waals surface area contributed by atoms with Gasteiger partial charge in [0.2, 0.25) is 0 Å². The third kappa shape index (κ3) is 6.26. The Morgan fingerprint density at radius 3 is 2.70 bits per heavy atom. The molecule has 0 aliphatic carbocycles. The Kier molecular flexibility index (Phi) is 8.07. The maximum absolute atomic E-state index is 12.2. The molecule has 0 spiro atoms. The van der Waals surface area contributed by atoms with Crippen molar-refractivity contribution in [3.05, 3.63) is 0 Å². The number of urea groups is 1. The van der Waals surface area contributed by atoms with E-state index in [2.05, 4.69) is 12.2 Å². The first kappa shape index (κ1) is 16.8. The van der Waals surface area contributed by atoms with Crippen LogP contribution in [-0.2, 0) is 4.79 Å². The summed E-state index contributed by atoms with van der Waals surface area (Å²) < 4.78 is 0. The number of carbonyl (C=O) groups excluding carboxylic acids is 1. The molecule has 20 heavy (non-hydrogen) atoms. The highest BCUT2D eigenvalue weighted by Gasteiger charge is 2.23. The molecule has 0 aromatic heterocycles. The molecule has 0 saturated carbocycles. The van der Waals surface area contributed by atoms with Gasteiger partial charge < -0.3 is 15.3 Å². The number of rotatable bonds is 7. The lowest BCUT2D eigenvalue weighted by atomic mass is 10.1. The van der Waals surface area contributed by atoms with Crippen molar-refractivity contribution in [1.29, 1.82) is 0 Å². The minimum atomic E-state index is -0.746. The molecular formula is C15H28N2O3. The zero-order valence-corrected chi connectivity index (χ0v) is 12.6. The van der Waals surface area contributed by atoms with Crippen LogP contribution in [0.1, 0.15) is 64.7 Å². The van der Waals surface area contributed by atoms with Crippen LogP contribution in [0.2, 0.25) is 0 Å². The average molecular weight is 284 g/mol. The molecule has 2 N–H and O–H groups in total. The van der Waals surface area contributed by atoms with Gasteiger partial charge in [-0.25, -0.2) is 4.79 Å². The lowest BCUT2D eigenvalue weighted by molar-refractivity contribution is -0.137. The number of hydrogen-bond donors (Lipinski definition) is 2. The SMILES string of the molecule is CCC1CCCCCN1C(=O)NCCCCCC(=O)O. The molecule has 1 fully saturated rings. The van der Waals surface area contributed by atoms with E-state index in [9.17, 15) is 9.59 Å². The van der Waals surface area contributed by atoms with Crippen molar-refractivity contribution in [3.8, 4) is 0 Å². The van der Waals surface area contributed by atoms with Crippen molar-refractivity contribution in [2.24, 2.45) is 0 Å². The summed E-state index contributed by atoms with van der Waals surface area (Å²) in [5.41, 5.74) is 0. The molecule has 1 rings (SSSR count). The van der Waals surface area contributed by atoms with Gasteiger partial charge in [-0.05, 0) is 32.1 Å². The molecular weight excluding hydrogens is 256 g/mol. The summed E-state index contributed by atoms with van der Waals surface area (Å²) in [6.07, 6.45) is 8.28. The lowest BCUT2D eigenvalue weighted by Crippen LogP contribution is -2.46. The Morgan fingerprint density at radius 2 is 2.00 bits per heavy atom. The van der Waals surface area contributed by atoms with E-state index in [-0.39, 0.29) is 12.5 Å². The van der Waals surface area contributed by atoms with Crippen LogP contribution in [0.5, 0.6) is 0 Å². The standard InChI is InChI=1S/C15H28N2O3/c1-2-13-9-5-4-8-12-17(13)15(20)16-11-7-3-6-10-14(18)19/h13H,2-12H2,1H3,(H,16,20)(H,18,19). The van der Waals surface area contributed by atoms with E-state index < -0.39 is 5.97 Å². The molecule has 0 aromatic carbocycles. The molecule has 0 aromatic rings. The van der Waals surface area contributed by atoms with Crippen LogP contribution < -0.4 is 5.32 Å². The number of aliphatic carboxylic acids is 1. The Morgan fingerprint density at radius 1 is 1.20 bits per heavy atom. The zero-order chi connectivity index (χ0) is 14.8. The monoisotopic (exact) mass is 284 g/mol. The quantitative estimate of drug-likeness (QED) is 0.706. The van der Waals surface area contributed by atoms with Gasteiger partial charge in [-0.1, -0.05) is 26.2 Å². The number of nitrogens with zero attached hydrogens (tertiary/aromatic N) is 1. The number of likely N-dealkylation sites (tertiary alicyclic amines) is 1. The fourth-order valence-corrected chi connectivity index (χ4v) is 2.74. The van der Waals surface area contributed by atoms with Crippen LogP contribution in [-0.4, -0.2) is 41.1 Å². The van der Waals surface area contributed by atoms with Gasteiger partial charge in [-0.3, -0.25) is 4.79 Å². The van der Waals surface area contributed by atoms with Crippen LogP contribution in [0.3, 0.4) is 0 Å². The van der Waals surface area contributed by atoms with Gasteiger partial charge in [0.05, 0.1) is 0 Å². The molecule has 1 heterocycles. The molecule has 0 bridgehead atoms. The van der Waals surface area contributed by atoms with E-state index in [1.54, 1.807) is 0 Å². The second kappa shape index (κ2) is 9.61. The summed E-state index contributed by atoms with van der Waals surface area (Å²) in [5.74, 6) is -0.746. The van der Waals surface area contributed by atoms with Gasteiger partial charge in [-0.2, -0.15) is 0 Å². The highest BCUT2D eigenvalue weighted by Crippen LogP contribution is 2.19. The van der Waals surface area contributed by atoms with Gasteiger partial charge >= 0.3 is 12.0 Å². The summed E-state index contributed by atoms with van der Waals surface area (Å²) in [6.45, 7) is 3.65. The number of nitrogens with one attached hydrogen (secondary N) is 1. The van der Waals surface area contributed by atoms with Crippen molar-refractivity contribution in [3.63, 3.8) is 0 Å². The molecule has 1 aliphatic heterocycles. The van der Waals surface area contributed by atoms with E-state index >= 15 is 0 Å². The first-order valence-electron chi connectivity index (χ1n) is 7.91. The third-order valence-corrected chi connectivity index (χ3v) is 3.95. The number of hydrogen-bond acceptors (Lipinski definition) is 2. The minimum Gasteiger partial charge on any atom is -0.481 e. The predicted molar refractivity (Wildman–Crippen MR) is 78.8 cm³/mol. The second-order valence-electron chi connectivity index (χ2n) is 5.54. The van der Waals surface area contributed by atoms with Gasteiger partial charge in [0.1, 0.15) is 0 Å². The number of unbranched alkanes of at least 4 members (excludes halogenated alkanes) is 2. The summed E-state index contributed by atoms with van der Waals surface area (Å²) in [6, 6.07) is 0.432. The second-order valence-corrected chi connectivity index (χ2v) is 5.54. The summed E-state index contributed by atoms with van der Waals surface area (Å²) in [7, 11) is 0. The van der Waals surface area contributed by atoms with E-state index in [1.807, 2.05) is 4.90 Å². The van der Waals surface area contributed by atoms with Gasteiger partial charge in [0.25, 0.3) is 0 Å². The van der Waals surface area contributed by atoms with Crippen LogP contribution in [0.25, 0.3) is 0 Å². The van der Waals surface area contributed by atoms with Crippen molar-refractivity contribution in [1.82, 2.24) is 10.2 Å². The number of amides is 2. The molecule has 0 radical (unpaired) electrons. The number of carboxylic acid groups (broad SMARTS) is 1. The molecule has 1 aliphatic rings. The number of carboxylic acids is 1. The van der Waals surface area contributed by atoms with E-state index in [0.717, 1.165) is 38.6 Å². The topological polar surface area (TPSA) is 69.6 Å². The summed E-state index contributed by atoms with van der Waals surface area (Å²) in [5, 5.41) is 11.5. The fraction of sp³-hybridized carbons (Fsp3) is 0.867. The normalized spacial score (nSPS) is 19.4. The minimum absolute atomic E-state index is 0.0528. The molecule has 116 valence electrons. The van der Waals surface area contributed by atoms with Crippen molar-refractivity contribution < 1.29 is 14.7 Å². The predicted octanol–water partition coefficient (Wildman–Crippen LogP) is 3.00. The zero-order valence-electron chi connectivity index (χ0n) is 12.6. The van der Waals surface area contributed by atoms with E-state index in [1.165, 1.54) is 12.8 Å². The highest BCUT2D eigenvalue weighted by atomic mass is 16.4. The largest absolute Gasteiger partial charge is 0.481 e. The molecule has 1 saturated heterocycles. The summed E-state index contributed by atoms with van der Waals surface area (Å²) >= 11 is 0. The van der Waals surface area contributed by atoms with Gasteiger partial charge in [0, 0.05) is 25.6 Å². The Bertz CT molecular complexity index is 307. The van der Waals surface area contributed by atoms with Gasteiger partial charge in [0.15, 0.2) is 0 Å². The molecule has 2 amide bonds. The maximum atomic E-state index is 12.2. The van der Waals surface area contributed by atoms with Crippen LogP contribution in [0.4, 0.5) is 4.79 Å². The van der Waals surface area contributed by atoms with E-state index in [4.69, 9.17) is 5.11 Å². The Hall–Kier alpha value is -1.26. The van der Waals surface area contributed by atoms with Gasteiger partial charge in [-0.15, -0.1) is 0 Å². The fourth-order valence-electron chi connectivity index (χ4n) is 2.74. The van der Waals surface area contributed by atoms with Crippen LogP contribution in [0, 0.1) is 0 Å². The van der Waals surface area contributed by atoms with Crippen molar-refractivity contribution >= 4 is 12.0 Å². The highest BCUT2D eigenvalue weighted by molar-refractivity contribution is 5.74. The third-order valence-electron chi connectivity index (χ3n) is 3.95. The maximum Gasteiger partial charge on any atom is 0.317 e. The summed E-state index contributed by atoms with van der Waals surface area (Å²) in [4.78, 5) is 24.5. The Labute approximate surface area is 121 Å². The smallest absolute Gasteiger partial charge is 0.317 e. The molecule has 5 heteroatoms. The molecule has 1 unspecified atom stereocenters. The molecule has 1 atom stereocenters. The molecule has 5 nitrogen and oxygen atoms in total.